The highest BCUT2D eigenvalue weighted by atomic mass is 79.9. The van der Waals surface area contributed by atoms with Crippen LogP contribution in [0.4, 0.5) is 4.39 Å². The lowest BCUT2D eigenvalue weighted by molar-refractivity contribution is 0.0570. The Morgan fingerprint density at radius 3 is 2.83 bits per heavy atom. The summed E-state index contributed by atoms with van der Waals surface area (Å²) in [5.41, 5.74) is 0.356. The van der Waals surface area contributed by atoms with Gasteiger partial charge >= 0.3 is 0 Å². The third-order valence-corrected chi connectivity index (χ3v) is 3.60. The second-order valence-corrected chi connectivity index (χ2v) is 5.28. The maximum absolute atomic E-state index is 13.2. The maximum Gasteiger partial charge on any atom is 0.123 e. The Morgan fingerprint density at radius 2 is 2.17 bits per heavy atom. The van der Waals surface area contributed by atoms with Gasteiger partial charge in [-0.05, 0) is 36.8 Å². The van der Waals surface area contributed by atoms with Crippen LogP contribution >= 0.6 is 15.9 Å². The first-order valence-corrected chi connectivity index (χ1v) is 6.35. The van der Waals surface area contributed by atoms with Crippen LogP contribution in [0.15, 0.2) is 47.2 Å². The Hall–Kier alpha value is -1.26. The van der Waals surface area contributed by atoms with Crippen LogP contribution in [0.1, 0.15) is 18.1 Å². The van der Waals surface area contributed by atoms with Crippen molar-refractivity contribution in [2.75, 3.05) is 0 Å². The fourth-order valence-electron chi connectivity index (χ4n) is 1.83. The SMILES string of the molecule is CC(O)(Cc1cc(F)ccc1Br)c1cccnc1. The molecule has 0 radical (unpaired) electrons. The van der Waals surface area contributed by atoms with Crippen LogP contribution in [0, 0.1) is 5.82 Å². The van der Waals surface area contributed by atoms with Crippen molar-refractivity contribution in [1.82, 2.24) is 4.98 Å². The zero-order chi connectivity index (χ0) is 13.2. The summed E-state index contributed by atoms with van der Waals surface area (Å²) in [7, 11) is 0. The molecule has 0 aliphatic carbocycles. The molecule has 0 aliphatic heterocycles. The standard InChI is InChI=1S/C14H13BrFNO/c1-14(18,11-3-2-6-17-9-11)8-10-7-12(16)4-5-13(10)15/h2-7,9,18H,8H2,1H3. The molecule has 0 fully saturated rings. The van der Waals surface area contributed by atoms with Gasteiger partial charge in [0.25, 0.3) is 0 Å². The van der Waals surface area contributed by atoms with E-state index >= 15 is 0 Å². The average Bonchev–Trinajstić information content (AvgIpc) is 2.35. The summed E-state index contributed by atoms with van der Waals surface area (Å²) in [6.07, 6.45) is 3.59. The van der Waals surface area contributed by atoms with Crippen LogP contribution < -0.4 is 0 Å². The Labute approximate surface area is 114 Å². The number of aromatic nitrogens is 1. The molecule has 1 aromatic carbocycles. The van der Waals surface area contributed by atoms with Crippen LogP contribution in [0.5, 0.6) is 0 Å². The van der Waals surface area contributed by atoms with Gasteiger partial charge in [-0.2, -0.15) is 0 Å². The van der Waals surface area contributed by atoms with E-state index in [-0.39, 0.29) is 5.82 Å². The highest BCUT2D eigenvalue weighted by Crippen LogP contribution is 2.28. The minimum atomic E-state index is -1.08. The number of aliphatic hydroxyl groups is 1. The quantitative estimate of drug-likeness (QED) is 0.942. The summed E-state index contributed by atoms with van der Waals surface area (Å²) in [5.74, 6) is -0.310. The van der Waals surface area contributed by atoms with Crippen molar-refractivity contribution in [3.63, 3.8) is 0 Å². The van der Waals surface area contributed by atoms with Crippen molar-refractivity contribution in [2.24, 2.45) is 0 Å². The van der Waals surface area contributed by atoms with Gasteiger partial charge in [0.1, 0.15) is 5.82 Å². The van der Waals surface area contributed by atoms with E-state index in [0.717, 1.165) is 10.0 Å². The number of nitrogens with zero attached hydrogens (tertiary/aromatic N) is 1. The van der Waals surface area contributed by atoms with Gasteiger partial charge in [-0.15, -0.1) is 0 Å². The predicted molar refractivity (Wildman–Crippen MR) is 71.6 cm³/mol. The normalized spacial score (nSPS) is 14.2. The Morgan fingerprint density at radius 1 is 1.39 bits per heavy atom. The molecule has 2 aromatic rings. The van der Waals surface area contributed by atoms with Gasteiger partial charge in [-0.1, -0.05) is 22.0 Å². The molecule has 1 aromatic heterocycles. The molecule has 0 amide bonds. The number of hydrogen-bond donors (Lipinski definition) is 1. The van der Waals surface area contributed by atoms with Gasteiger partial charge in [0, 0.05) is 28.9 Å². The summed E-state index contributed by atoms with van der Waals surface area (Å²) in [5, 5.41) is 10.5. The van der Waals surface area contributed by atoms with Gasteiger partial charge in [-0.25, -0.2) is 4.39 Å². The molecule has 1 unspecified atom stereocenters. The lowest BCUT2D eigenvalue weighted by Gasteiger charge is -2.24. The molecule has 2 rings (SSSR count). The second-order valence-electron chi connectivity index (χ2n) is 4.43. The Balaban J connectivity index is 2.30. The molecule has 94 valence electrons. The molecule has 0 saturated heterocycles. The minimum absolute atomic E-state index is 0.310. The molecule has 1 heterocycles. The van der Waals surface area contributed by atoms with E-state index in [9.17, 15) is 9.50 Å². The van der Waals surface area contributed by atoms with Crippen LogP contribution in [0.2, 0.25) is 0 Å². The zero-order valence-corrected chi connectivity index (χ0v) is 11.5. The molecule has 1 N–H and O–H groups in total. The fraction of sp³-hybridized carbons (Fsp3) is 0.214. The smallest absolute Gasteiger partial charge is 0.123 e. The lowest BCUT2D eigenvalue weighted by atomic mass is 9.90. The number of halogens is 2. The van der Waals surface area contributed by atoms with Gasteiger partial charge in [0.2, 0.25) is 0 Å². The molecule has 18 heavy (non-hydrogen) atoms. The summed E-state index contributed by atoms with van der Waals surface area (Å²) < 4.78 is 14.0. The zero-order valence-electron chi connectivity index (χ0n) is 9.90. The van der Waals surface area contributed by atoms with Crippen molar-refractivity contribution < 1.29 is 9.50 Å². The van der Waals surface area contributed by atoms with Crippen LogP contribution in [-0.2, 0) is 12.0 Å². The Kier molecular flexibility index (Phi) is 3.78. The van der Waals surface area contributed by atoms with E-state index in [4.69, 9.17) is 0 Å². The predicted octanol–water partition coefficient (Wildman–Crippen LogP) is 3.43. The third-order valence-electron chi connectivity index (χ3n) is 2.83. The van der Waals surface area contributed by atoms with Gasteiger partial charge in [0.05, 0.1) is 5.60 Å². The first kappa shape index (κ1) is 13.2. The molecule has 0 bridgehead atoms. The largest absolute Gasteiger partial charge is 0.385 e. The highest BCUT2D eigenvalue weighted by molar-refractivity contribution is 9.10. The summed E-state index contributed by atoms with van der Waals surface area (Å²) in [6, 6.07) is 8.02. The van der Waals surface area contributed by atoms with Gasteiger partial charge < -0.3 is 5.11 Å². The van der Waals surface area contributed by atoms with Crippen molar-refractivity contribution in [1.29, 1.82) is 0 Å². The second kappa shape index (κ2) is 5.16. The lowest BCUT2D eigenvalue weighted by Crippen LogP contribution is -2.24. The molecule has 1 atom stereocenters. The van der Waals surface area contributed by atoms with Gasteiger partial charge in [-0.3, -0.25) is 4.98 Å². The number of pyridine rings is 1. The van der Waals surface area contributed by atoms with E-state index in [1.54, 1.807) is 37.5 Å². The number of hydrogen-bond acceptors (Lipinski definition) is 2. The third kappa shape index (κ3) is 2.94. The maximum atomic E-state index is 13.2. The average molecular weight is 310 g/mol. The molecule has 2 nitrogen and oxygen atoms in total. The van der Waals surface area contributed by atoms with E-state index in [2.05, 4.69) is 20.9 Å². The monoisotopic (exact) mass is 309 g/mol. The van der Waals surface area contributed by atoms with E-state index in [1.165, 1.54) is 12.1 Å². The van der Waals surface area contributed by atoms with Gasteiger partial charge in [0.15, 0.2) is 0 Å². The van der Waals surface area contributed by atoms with Crippen molar-refractivity contribution in [3.05, 3.63) is 64.1 Å². The topological polar surface area (TPSA) is 33.1 Å². The first-order valence-electron chi connectivity index (χ1n) is 5.56. The summed E-state index contributed by atoms with van der Waals surface area (Å²) in [4.78, 5) is 3.99. The van der Waals surface area contributed by atoms with Crippen LogP contribution in [-0.4, -0.2) is 10.1 Å². The summed E-state index contributed by atoms with van der Waals surface area (Å²) >= 11 is 3.36. The van der Waals surface area contributed by atoms with Crippen LogP contribution in [0.25, 0.3) is 0 Å². The summed E-state index contributed by atoms with van der Waals surface area (Å²) in [6.45, 7) is 1.70. The van der Waals surface area contributed by atoms with Crippen molar-refractivity contribution >= 4 is 15.9 Å². The van der Waals surface area contributed by atoms with Crippen LogP contribution in [0.3, 0.4) is 0 Å². The number of rotatable bonds is 3. The van der Waals surface area contributed by atoms with E-state index < -0.39 is 5.60 Å². The van der Waals surface area contributed by atoms with Crippen molar-refractivity contribution in [2.45, 2.75) is 18.9 Å². The molecular weight excluding hydrogens is 297 g/mol. The van der Waals surface area contributed by atoms with Crippen molar-refractivity contribution in [3.8, 4) is 0 Å². The molecule has 0 aliphatic rings. The Bertz CT molecular complexity index is 543. The number of benzene rings is 1. The fourth-order valence-corrected chi connectivity index (χ4v) is 2.22. The van der Waals surface area contributed by atoms with E-state index in [1.807, 2.05) is 0 Å². The highest BCUT2D eigenvalue weighted by Gasteiger charge is 2.24. The first-order chi connectivity index (χ1) is 8.49. The minimum Gasteiger partial charge on any atom is -0.385 e. The molecular formula is C14H13BrFNO. The molecule has 0 spiro atoms. The molecule has 0 saturated carbocycles. The van der Waals surface area contributed by atoms with E-state index in [0.29, 0.717) is 12.0 Å². The molecule has 4 heteroatoms.